The number of aromatic nitrogens is 1. The highest BCUT2D eigenvalue weighted by atomic mass is 79.9. The van der Waals surface area contributed by atoms with E-state index in [0.29, 0.717) is 24.7 Å². The summed E-state index contributed by atoms with van der Waals surface area (Å²) in [6.45, 7) is 3.49. The average molecular weight is 318 g/mol. The number of carbonyl (C=O) groups is 1. The molecule has 1 saturated heterocycles. The van der Waals surface area contributed by atoms with Gasteiger partial charge in [-0.05, 0) is 40.4 Å². The summed E-state index contributed by atoms with van der Waals surface area (Å²) < 4.78 is 0.741. The Kier molecular flexibility index (Phi) is 4.05. The summed E-state index contributed by atoms with van der Waals surface area (Å²) >= 11 is 9.51. The number of amides is 1. The van der Waals surface area contributed by atoms with E-state index < -0.39 is 0 Å². The van der Waals surface area contributed by atoms with Crippen molar-refractivity contribution in [1.29, 1.82) is 0 Å². The lowest BCUT2D eigenvalue weighted by Crippen LogP contribution is -2.43. The molecule has 1 fully saturated rings. The molecule has 1 amide bonds. The third-order valence-corrected chi connectivity index (χ3v) is 4.34. The van der Waals surface area contributed by atoms with Crippen LogP contribution < -0.4 is 0 Å². The molecule has 0 saturated carbocycles. The molecule has 0 bridgehead atoms. The first-order chi connectivity index (χ1) is 8.09. The van der Waals surface area contributed by atoms with Gasteiger partial charge in [0.2, 0.25) is 0 Å². The molecule has 2 heterocycles. The lowest BCUT2D eigenvalue weighted by molar-refractivity contribution is 0.0680. The fraction of sp³-hybridized carbons (Fsp3) is 0.500. The third kappa shape index (κ3) is 2.80. The molecule has 1 aromatic rings. The molecule has 0 N–H and O–H groups in total. The summed E-state index contributed by atoms with van der Waals surface area (Å²) in [4.78, 5) is 18.2. The molecular weight excluding hydrogens is 304 g/mol. The van der Waals surface area contributed by atoms with E-state index in [-0.39, 0.29) is 11.3 Å². The van der Waals surface area contributed by atoms with Gasteiger partial charge in [-0.1, -0.05) is 6.92 Å². The number of piperidine rings is 1. The van der Waals surface area contributed by atoms with Crippen LogP contribution in [0.15, 0.2) is 22.8 Å². The second-order valence-corrected chi connectivity index (χ2v) is 5.78. The number of alkyl halides is 1. The largest absolute Gasteiger partial charge is 0.337 e. The fourth-order valence-electron chi connectivity index (χ4n) is 1.99. The van der Waals surface area contributed by atoms with E-state index in [9.17, 15) is 4.79 Å². The first-order valence-corrected chi connectivity index (χ1v) is 6.86. The van der Waals surface area contributed by atoms with Gasteiger partial charge in [-0.15, -0.1) is 11.6 Å². The van der Waals surface area contributed by atoms with Crippen LogP contribution >= 0.6 is 27.5 Å². The Morgan fingerprint density at radius 2 is 2.41 bits per heavy atom. The van der Waals surface area contributed by atoms with Crippen LogP contribution in [0.2, 0.25) is 0 Å². The quantitative estimate of drug-likeness (QED) is 0.746. The molecule has 0 aliphatic carbocycles. The Labute approximate surface area is 114 Å². The molecule has 1 aliphatic heterocycles. The molecule has 92 valence electrons. The maximum atomic E-state index is 12.3. The van der Waals surface area contributed by atoms with Crippen molar-refractivity contribution in [3.05, 3.63) is 28.5 Å². The monoisotopic (exact) mass is 316 g/mol. The normalized spacial score (nSPS) is 24.8. The van der Waals surface area contributed by atoms with Gasteiger partial charge < -0.3 is 4.90 Å². The van der Waals surface area contributed by atoms with E-state index in [2.05, 4.69) is 27.8 Å². The van der Waals surface area contributed by atoms with E-state index in [4.69, 9.17) is 11.6 Å². The summed E-state index contributed by atoms with van der Waals surface area (Å²) in [5, 5.41) is 0.172. The zero-order valence-corrected chi connectivity index (χ0v) is 11.9. The molecule has 2 unspecified atom stereocenters. The molecule has 2 atom stereocenters. The Bertz CT molecular complexity index is 427. The van der Waals surface area contributed by atoms with Gasteiger partial charge in [0.05, 0.1) is 0 Å². The van der Waals surface area contributed by atoms with Crippen LogP contribution in [0.3, 0.4) is 0 Å². The summed E-state index contributed by atoms with van der Waals surface area (Å²) in [6.07, 6.45) is 2.48. The number of pyridine rings is 1. The smallest absolute Gasteiger partial charge is 0.273 e. The van der Waals surface area contributed by atoms with Gasteiger partial charge in [-0.25, -0.2) is 4.98 Å². The van der Waals surface area contributed by atoms with Crippen LogP contribution in [-0.2, 0) is 0 Å². The van der Waals surface area contributed by atoms with Crippen LogP contribution in [-0.4, -0.2) is 34.3 Å². The number of hydrogen-bond donors (Lipinski definition) is 0. The highest BCUT2D eigenvalue weighted by Crippen LogP contribution is 2.24. The molecule has 2 rings (SSSR count). The number of hydrogen-bond acceptors (Lipinski definition) is 2. The zero-order valence-electron chi connectivity index (χ0n) is 9.57. The lowest BCUT2D eigenvalue weighted by Gasteiger charge is -2.34. The summed E-state index contributed by atoms with van der Waals surface area (Å²) in [5.74, 6) is 0.310. The van der Waals surface area contributed by atoms with Gasteiger partial charge in [-0.3, -0.25) is 4.79 Å². The predicted molar refractivity (Wildman–Crippen MR) is 71.3 cm³/mol. The van der Waals surface area contributed by atoms with Crippen molar-refractivity contribution in [2.45, 2.75) is 18.7 Å². The lowest BCUT2D eigenvalue weighted by atomic mass is 9.99. The SMILES string of the molecule is CC1CN(C(=O)c2ncccc2Br)CCC1Cl. The first-order valence-electron chi connectivity index (χ1n) is 5.63. The van der Waals surface area contributed by atoms with E-state index in [1.807, 2.05) is 11.0 Å². The van der Waals surface area contributed by atoms with Gasteiger partial charge in [0.15, 0.2) is 0 Å². The number of likely N-dealkylation sites (tertiary alicyclic amines) is 1. The molecule has 0 spiro atoms. The Hall–Kier alpha value is -0.610. The van der Waals surface area contributed by atoms with E-state index in [1.165, 1.54) is 0 Å². The molecule has 3 nitrogen and oxygen atoms in total. The summed E-state index contributed by atoms with van der Waals surface area (Å²) in [6, 6.07) is 3.63. The zero-order chi connectivity index (χ0) is 12.4. The second kappa shape index (κ2) is 5.36. The molecule has 0 aromatic carbocycles. The van der Waals surface area contributed by atoms with Crippen LogP contribution in [0.5, 0.6) is 0 Å². The standard InChI is InChI=1S/C12H14BrClN2O/c1-8-7-16(6-4-10(8)14)12(17)11-9(13)3-2-5-15-11/h2-3,5,8,10H,4,6-7H2,1H3. The van der Waals surface area contributed by atoms with Crippen LogP contribution in [0.4, 0.5) is 0 Å². The van der Waals surface area contributed by atoms with Gasteiger partial charge in [0.1, 0.15) is 5.69 Å². The van der Waals surface area contributed by atoms with E-state index >= 15 is 0 Å². The molecular formula is C12H14BrClN2O. The molecule has 1 aliphatic rings. The fourth-order valence-corrected chi connectivity index (χ4v) is 2.60. The molecule has 0 radical (unpaired) electrons. The summed E-state index contributed by atoms with van der Waals surface area (Å²) in [7, 11) is 0. The number of nitrogens with zero attached hydrogens (tertiary/aromatic N) is 2. The van der Waals surface area contributed by atoms with Crippen molar-refractivity contribution in [2.75, 3.05) is 13.1 Å². The van der Waals surface area contributed by atoms with Gasteiger partial charge in [0, 0.05) is 29.1 Å². The van der Waals surface area contributed by atoms with Crippen molar-refractivity contribution >= 4 is 33.4 Å². The van der Waals surface area contributed by atoms with Crippen LogP contribution in [0.1, 0.15) is 23.8 Å². The van der Waals surface area contributed by atoms with Crippen molar-refractivity contribution in [2.24, 2.45) is 5.92 Å². The maximum Gasteiger partial charge on any atom is 0.273 e. The molecule has 1 aromatic heterocycles. The maximum absolute atomic E-state index is 12.3. The van der Waals surface area contributed by atoms with Gasteiger partial charge >= 0.3 is 0 Å². The summed E-state index contributed by atoms with van der Waals surface area (Å²) in [5.41, 5.74) is 0.479. The Morgan fingerprint density at radius 1 is 1.65 bits per heavy atom. The van der Waals surface area contributed by atoms with Crippen molar-refractivity contribution in [3.8, 4) is 0 Å². The predicted octanol–water partition coefficient (Wildman–Crippen LogP) is 2.93. The van der Waals surface area contributed by atoms with E-state index in [0.717, 1.165) is 10.9 Å². The first kappa shape index (κ1) is 12.8. The highest BCUT2D eigenvalue weighted by Gasteiger charge is 2.28. The van der Waals surface area contributed by atoms with Crippen molar-refractivity contribution in [1.82, 2.24) is 9.88 Å². The van der Waals surface area contributed by atoms with Crippen molar-refractivity contribution < 1.29 is 4.79 Å². The number of carbonyl (C=O) groups excluding carboxylic acids is 1. The minimum Gasteiger partial charge on any atom is -0.337 e. The molecule has 5 heteroatoms. The van der Waals surface area contributed by atoms with E-state index in [1.54, 1.807) is 12.3 Å². The topological polar surface area (TPSA) is 33.2 Å². The van der Waals surface area contributed by atoms with Crippen molar-refractivity contribution in [3.63, 3.8) is 0 Å². The minimum atomic E-state index is -0.0205. The highest BCUT2D eigenvalue weighted by molar-refractivity contribution is 9.10. The minimum absolute atomic E-state index is 0.0205. The third-order valence-electron chi connectivity index (χ3n) is 3.05. The van der Waals surface area contributed by atoms with Gasteiger partial charge in [-0.2, -0.15) is 0 Å². The van der Waals surface area contributed by atoms with Gasteiger partial charge in [0.25, 0.3) is 5.91 Å². The Balaban J connectivity index is 2.14. The number of halogens is 2. The van der Waals surface area contributed by atoms with Crippen LogP contribution in [0, 0.1) is 5.92 Å². The van der Waals surface area contributed by atoms with Crippen LogP contribution in [0.25, 0.3) is 0 Å². The number of rotatable bonds is 1. The second-order valence-electron chi connectivity index (χ2n) is 4.37. The average Bonchev–Trinajstić information content (AvgIpc) is 2.32. The molecule has 17 heavy (non-hydrogen) atoms. The Morgan fingerprint density at radius 3 is 3.06 bits per heavy atom.